The van der Waals surface area contributed by atoms with Crippen LogP contribution in [0.1, 0.15) is 4.88 Å². The summed E-state index contributed by atoms with van der Waals surface area (Å²) in [5, 5.41) is 6.25. The molecule has 23 heavy (non-hydrogen) atoms. The predicted molar refractivity (Wildman–Crippen MR) is 88.0 cm³/mol. The summed E-state index contributed by atoms with van der Waals surface area (Å²) in [4.78, 5) is 16.4. The first-order chi connectivity index (χ1) is 11.0. The molecule has 0 saturated carbocycles. The summed E-state index contributed by atoms with van der Waals surface area (Å²) in [6.45, 7) is 1.72. The van der Waals surface area contributed by atoms with Crippen molar-refractivity contribution in [3.8, 4) is 10.6 Å². The molecule has 3 rings (SSSR count). The van der Waals surface area contributed by atoms with E-state index in [4.69, 9.17) is 0 Å². The highest BCUT2D eigenvalue weighted by atomic mass is 32.2. The number of nitrogens with one attached hydrogen (secondary N) is 2. The Morgan fingerprint density at radius 3 is 2.74 bits per heavy atom. The van der Waals surface area contributed by atoms with E-state index in [1.54, 1.807) is 37.4 Å². The maximum absolute atomic E-state index is 12.5. The van der Waals surface area contributed by atoms with E-state index < -0.39 is 10.0 Å². The van der Waals surface area contributed by atoms with Gasteiger partial charge in [-0.15, -0.1) is 11.3 Å². The SMILES string of the molecule is Cc1sc(-c2ccc(=O)[nH]n2)cc1S(=O)(=O)Nc1cccnc1. The average Bonchev–Trinajstić information content (AvgIpc) is 2.91. The van der Waals surface area contributed by atoms with Gasteiger partial charge in [0.1, 0.15) is 10.6 Å². The summed E-state index contributed by atoms with van der Waals surface area (Å²) < 4.78 is 27.5. The number of sulfonamides is 1. The number of aromatic nitrogens is 3. The van der Waals surface area contributed by atoms with Crippen molar-refractivity contribution in [2.75, 3.05) is 4.72 Å². The number of hydrogen-bond acceptors (Lipinski definition) is 6. The highest BCUT2D eigenvalue weighted by Crippen LogP contribution is 2.32. The van der Waals surface area contributed by atoms with Gasteiger partial charge in [0.15, 0.2) is 0 Å². The number of pyridine rings is 1. The van der Waals surface area contributed by atoms with Gasteiger partial charge >= 0.3 is 0 Å². The lowest BCUT2D eigenvalue weighted by Gasteiger charge is -2.06. The monoisotopic (exact) mass is 348 g/mol. The van der Waals surface area contributed by atoms with Crippen LogP contribution in [-0.2, 0) is 10.0 Å². The molecular formula is C14H12N4O3S2. The first-order valence-electron chi connectivity index (χ1n) is 6.55. The predicted octanol–water partition coefficient (Wildman–Crippen LogP) is 2.00. The van der Waals surface area contributed by atoms with Crippen LogP contribution in [0.25, 0.3) is 10.6 Å². The normalized spacial score (nSPS) is 11.3. The van der Waals surface area contributed by atoms with Crippen molar-refractivity contribution in [2.24, 2.45) is 0 Å². The third-order valence-corrected chi connectivity index (χ3v) is 5.72. The summed E-state index contributed by atoms with van der Waals surface area (Å²) >= 11 is 1.29. The molecule has 7 nitrogen and oxygen atoms in total. The number of rotatable bonds is 4. The second kappa shape index (κ2) is 5.94. The zero-order chi connectivity index (χ0) is 16.4. The van der Waals surface area contributed by atoms with Gasteiger partial charge < -0.3 is 0 Å². The van der Waals surface area contributed by atoms with E-state index in [1.165, 1.54) is 23.6 Å². The standard InChI is InChI=1S/C14H12N4O3S2/c1-9-13(23(20,21)18-10-3-2-6-15-8-10)7-12(22-9)11-4-5-14(19)17-16-11/h2-8,18H,1H3,(H,17,19). The Kier molecular flexibility index (Phi) is 3.97. The number of anilines is 1. The van der Waals surface area contributed by atoms with Crippen molar-refractivity contribution in [3.05, 3.63) is 58.0 Å². The summed E-state index contributed by atoms with van der Waals surface area (Å²) in [6.07, 6.45) is 3.00. The Labute approximate surface area is 136 Å². The van der Waals surface area contributed by atoms with Crippen molar-refractivity contribution in [3.63, 3.8) is 0 Å². The lowest BCUT2D eigenvalue weighted by Crippen LogP contribution is -2.13. The van der Waals surface area contributed by atoms with Crippen LogP contribution in [0.15, 0.2) is 52.4 Å². The number of aromatic amines is 1. The summed E-state index contributed by atoms with van der Waals surface area (Å²) in [7, 11) is -3.72. The summed E-state index contributed by atoms with van der Waals surface area (Å²) in [5.74, 6) is 0. The number of nitrogens with zero attached hydrogens (tertiary/aromatic N) is 2. The van der Waals surface area contributed by atoms with Crippen LogP contribution in [0, 0.1) is 6.92 Å². The maximum Gasteiger partial charge on any atom is 0.264 e. The molecule has 0 bridgehead atoms. The van der Waals surface area contributed by atoms with Gasteiger partial charge in [0.2, 0.25) is 0 Å². The molecule has 0 aliphatic carbocycles. The molecule has 0 aliphatic rings. The van der Waals surface area contributed by atoms with Crippen LogP contribution in [0.2, 0.25) is 0 Å². The van der Waals surface area contributed by atoms with Gasteiger partial charge in [-0.2, -0.15) is 5.10 Å². The minimum absolute atomic E-state index is 0.175. The number of aryl methyl sites for hydroxylation is 1. The van der Waals surface area contributed by atoms with Crippen molar-refractivity contribution in [1.29, 1.82) is 0 Å². The van der Waals surface area contributed by atoms with Crippen LogP contribution in [0.3, 0.4) is 0 Å². The molecule has 0 spiro atoms. The first-order valence-corrected chi connectivity index (χ1v) is 8.85. The fourth-order valence-electron chi connectivity index (χ4n) is 1.97. The second-order valence-corrected chi connectivity index (χ2v) is 7.59. The first kappa shape index (κ1) is 15.4. The van der Waals surface area contributed by atoms with E-state index in [-0.39, 0.29) is 10.5 Å². The lowest BCUT2D eigenvalue weighted by molar-refractivity contribution is 0.601. The van der Waals surface area contributed by atoms with Crippen LogP contribution in [-0.4, -0.2) is 23.6 Å². The van der Waals surface area contributed by atoms with Crippen molar-refractivity contribution in [1.82, 2.24) is 15.2 Å². The quantitative estimate of drug-likeness (QED) is 0.750. The lowest BCUT2D eigenvalue weighted by atomic mass is 10.3. The van der Waals surface area contributed by atoms with E-state index in [0.717, 1.165) is 0 Å². The topological polar surface area (TPSA) is 105 Å². The molecule has 0 atom stereocenters. The second-order valence-electron chi connectivity index (χ2n) is 4.68. The minimum Gasteiger partial charge on any atom is -0.278 e. The number of thiophene rings is 1. The van der Waals surface area contributed by atoms with Gasteiger partial charge in [-0.3, -0.25) is 14.5 Å². The van der Waals surface area contributed by atoms with E-state index in [0.29, 0.717) is 21.1 Å². The highest BCUT2D eigenvalue weighted by molar-refractivity contribution is 7.93. The van der Waals surface area contributed by atoms with Gasteiger partial charge in [0, 0.05) is 17.1 Å². The van der Waals surface area contributed by atoms with Gasteiger partial charge in [-0.05, 0) is 31.2 Å². The molecule has 3 heterocycles. The molecular weight excluding hydrogens is 336 g/mol. The van der Waals surface area contributed by atoms with Gasteiger partial charge in [0.05, 0.1) is 16.8 Å². The molecule has 2 N–H and O–H groups in total. The fraction of sp³-hybridized carbons (Fsp3) is 0.0714. The number of hydrogen-bond donors (Lipinski definition) is 2. The van der Waals surface area contributed by atoms with Gasteiger partial charge in [-0.1, -0.05) is 0 Å². The summed E-state index contributed by atoms with van der Waals surface area (Å²) in [6, 6.07) is 7.71. The minimum atomic E-state index is -3.72. The van der Waals surface area contributed by atoms with E-state index in [9.17, 15) is 13.2 Å². The van der Waals surface area contributed by atoms with E-state index in [1.807, 2.05) is 0 Å². The van der Waals surface area contributed by atoms with Crippen LogP contribution in [0.4, 0.5) is 5.69 Å². The van der Waals surface area contributed by atoms with Crippen molar-refractivity contribution in [2.45, 2.75) is 11.8 Å². The van der Waals surface area contributed by atoms with Crippen molar-refractivity contribution < 1.29 is 8.42 Å². The van der Waals surface area contributed by atoms with Crippen LogP contribution >= 0.6 is 11.3 Å². The average molecular weight is 348 g/mol. The fourth-order valence-corrected chi connectivity index (χ4v) is 4.58. The van der Waals surface area contributed by atoms with E-state index in [2.05, 4.69) is 19.9 Å². The third kappa shape index (κ3) is 3.30. The zero-order valence-corrected chi connectivity index (χ0v) is 13.6. The third-order valence-electron chi connectivity index (χ3n) is 3.01. The van der Waals surface area contributed by atoms with Gasteiger partial charge in [0.25, 0.3) is 15.6 Å². The van der Waals surface area contributed by atoms with Crippen LogP contribution < -0.4 is 10.3 Å². The molecule has 0 amide bonds. The molecule has 0 radical (unpaired) electrons. The Morgan fingerprint density at radius 2 is 2.09 bits per heavy atom. The Morgan fingerprint density at radius 1 is 1.26 bits per heavy atom. The molecule has 0 aliphatic heterocycles. The molecule has 0 fully saturated rings. The van der Waals surface area contributed by atoms with Gasteiger partial charge in [-0.25, -0.2) is 13.5 Å². The Hall–Kier alpha value is -2.52. The molecule has 118 valence electrons. The maximum atomic E-state index is 12.5. The molecule has 0 aromatic carbocycles. The summed E-state index contributed by atoms with van der Waals surface area (Å²) in [5.41, 5.74) is 0.593. The number of H-pyrrole nitrogens is 1. The Bertz CT molecular complexity index is 974. The van der Waals surface area contributed by atoms with Crippen LogP contribution in [0.5, 0.6) is 0 Å². The largest absolute Gasteiger partial charge is 0.278 e. The Balaban J connectivity index is 1.97. The highest BCUT2D eigenvalue weighted by Gasteiger charge is 2.21. The zero-order valence-electron chi connectivity index (χ0n) is 12.0. The van der Waals surface area contributed by atoms with E-state index >= 15 is 0 Å². The smallest absolute Gasteiger partial charge is 0.264 e. The molecule has 3 aromatic rings. The van der Waals surface area contributed by atoms with Crippen molar-refractivity contribution >= 4 is 27.0 Å². The molecule has 0 unspecified atom stereocenters. The molecule has 3 aromatic heterocycles. The molecule has 0 saturated heterocycles. The molecule has 9 heteroatoms.